The van der Waals surface area contributed by atoms with E-state index in [1.54, 1.807) is 30.0 Å². The molecular weight excluding hydrogens is 388 g/mol. The Labute approximate surface area is 174 Å². The normalized spacial score (nSPS) is 13.7. The number of anilines is 2. The zero-order valence-corrected chi connectivity index (χ0v) is 16.9. The van der Waals surface area contributed by atoms with Gasteiger partial charge in [-0.1, -0.05) is 17.7 Å². The lowest BCUT2D eigenvalue weighted by Crippen LogP contribution is -2.49. The molecule has 0 saturated carbocycles. The summed E-state index contributed by atoms with van der Waals surface area (Å²) in [5.41, 5.74) is 1.71. The molecule has 0 bridgehead atoms. The first-order chi connectivity index (χ1) is 14.4. The van der Waals surface area contributed by atoms with Crippen LogP contribution in [0.5, 0.6) is 0 Å². The van der Waals surface area contributed by atoms with Gasteiger partial charge in [0.05, 0.1) is 18.5 Å². The summed E-state index contributed by atoms with van der Waals surface area (Å²) >= 11 is 0. The molecule has 0 atom stereocenters. The van der Waals surface area contributed by atoms with E-state index in [-0.39, 0.29) is 17.6 Å². The lowest BCUT2D eigenvalue weighted by atomic mass is 10.1. The summed E-state index contributed by atoms with van der Waals surface area (Å²) in [6, 6.07) is 8.50. The fraction of sp³-hybridized carbons (Fsp3) is 0.333. The van der Waals surface area contributed by atoms with Crippen LogP contribution in [-0.2, 0) is 4.74 Å². The predicted octanol–water partition coefficient (Wildman–Crippen LogP) is 2.62. The number of hydrogen-bond acceptors (Lipinski definition) is 6. The maximum atomic E-state index is 12.4. The Bertz CT molecular complexity index is 954. The van der Waals surface area contributed by atoms with E-state index in [1.807, 2.05) is 17.9 Å². The van der Waals surface area contributed by atoms with Crippen molar-refractivity contribution in [2.75, 3.05) is 43.0 Å². The molecule has 1 saturated heterocycles. The standard InChI is InChI=1S/C21H24N4O5/c1-3-30-21(29)25-9-7-24(8-10-25)18-17(20(27)28)12-16(13-22-18)23-19(26)15-6-4-5-14(2)11-15/h4-6,11-13H,3,7-10H2,1-2H3,(H,23,26)(H,27,28). The number of carboxylic acid groups (broad SMARTS) is 1. The molecule has 1 aromatic heterocycles. The Balaban J connectivity index is 1.74. The van der Waals surface area contributed by atoms with Gasteiger partial charge in [0.25, 0.3) is 5.91 Å². The number of aromatic carboxylic acids is 1. The number of benzene rings is 1. The van der Waals surface area contributed by atoms with E-state index in [1.165, 1.54) is 12.3 Å². The molecule has 2 aromatic rings. The van der Waals surface area contributed by atoms with Crippen LogP contribution < -0.4 is 10.2 Å². The second-order valence-corrected chi connectivity index (χ2v) is 6.90. The number of nitrogens with zero attached hydrogens (tertiary/aromatic N) is 3. The number of pyridine rings is 1. The molecule has 9 heteroatoms. The first-order valence-electron chi connectivity index (χ1n) is 9.67. The van der Waals surface area contributed by atoms with Crippen molar-refractivity contribution in [2.45, 2.75) is 13.8 Å². The molecule has 0 radical (unpaired) electrons. The van der Waals surface area contributed by atoms with Crippen LogP contribution in [0.4, 0.5) is 16.3 Å². The van der Waals surface area contributed by atoms with Crippen molar-refractivity contribution >= 4 is 29.5 Å². The van der Waals surface area contributed by atoms with Crippen LogP contribution in [0, 0.1) is 6.92 Å². The summed E-state index contributed by atoms with van der Waals surface area (Å²) in [6.45, 7) is 5.62. The van der Waals surface area contributed by atoms with Gasteiger partial charge in [-0.15, -0.1) is 0 Å². The van der Waals surface area contributed by atoms with E-state index in [4.69, 9.17) is 4.74 Å². The molecule has 2 amide bonds. The van der Waals surface area contributed by atoms with Gasteiger partial charge in [-0.2, -0.15) is 0 Å². The fourth-order valence-corrected chi connectivity index (χ4v) is 3.24. The van der Waals surface area contributed by atoms with Gasteiger partial charge in [-0.05, 0) is 32.0 Å². The third-order valence-electron chi connectivity index (χ3n) is 4.74. The van der Waals surface area contributed by atoms with E-state index < -0.39 is 5.97 Å². The molecule has 30 heavy (non-hydrogen) atoms. The summed E-state index contributed by atoms with van der Waals surface area (Å²) in [5.74, 6) is -1.18. The third-order valence-corrected chi connectivity index (χ3v) is 4.74. The zero-order valence-electron chi connectivity index (χ0n) is 16.9. The monoisotopic (exact) mass is 412 g/mol. The van der Waals surface area contributed by atoms with E-state index in [2.05, 4.69) is 10.3 Å². The van der Waals surface area contributed by atoms with Crippen LogP contribution in [-0.4, -0.2) is 65.7 Å². The summed E-state index contributed by atoms with van der Waals surface area (Å²) in [7, 11) is 0. The van der Waals surface area contributed by atoms with Gasteiger partial charge in [-0.25, -0.2) is 14.6 Å². The molecule has 0 unspecified atom stereocenters. The molecule has 0 aliphatic carbocycles. The first kappa shape index (κ1) is 21.1. The third kappa shape index (κ3) is 4.86. The zero-order chi connectivity index (χ0) is 21.7. The van der Waals surface area contributed by atoms with Gasteiger partial charge in [0, 0.05) is 31.7 Å². The van der Waals surface area contributed by atoms with Gasteiger partial charge in [0.2, 0.25) is 0 Å². The van der Waals surface area contributed by atoms with Crippen LogP contribution in [0.15, 0.2) is 36.5 Å². The molecule has 158 valence electrons. The van der Waals surface area contributed by atoms with Gasteiger partial charge in [0.15, 0.2) is 0 Å². The average Bonchev–Trinajstić information content (AvgIpc) is 2.74. The molecule has 9 nitrogen and oxygen atoms in total. The second-order valence-electron chi connectivity index (χ2n) is 6.90. The van der Waals surface area contributed by atoms with E-state index in [9.17, 15) is 19.5 Å². The Morgan fingerprint density at radius 1 is 1.17 bits per heavy atom. The minimum absolute atomic E-state index is 0.0124. The number of aromatic nitrogens is 1. The Kier molecular flexibility index (Phi) is 6.51. The number of carbonyl (C=O) groups excluding carboxylic acids is 2. The van der Waals surface area contributed by atoms with Crippen LogP contribution in [0.1, 0.15) is 33.2 Å². The highest BCUT2D eigenvalue weighted by molar-refractivity contribution is 6.05. The van der Waals surface area contributed by atoms with Crippen molar-refractivity contribution in [3.8, 4) is 0 Å². The van der Waals surface area contributed by atoms with Crippen LogP contribution in [0.25, 0.3) is 0 Å². The maximum Gasteiger partial charge on any atom is 0.409 e. The Hall–Kier alpha value is -3.62. The van der Waals surface area contributed by atoms with E-state index in [0.29, 0.717) is 49.9 Å². The van der Waals surface area contributed by atoms with Crippen LogP contribution in [0.2, 0.25) is 0 Å². The number of hydrogen-bond donors (Lipinski definition) is 2. The Morgan fingerprint density at radius 3 is 2.53 bits per heavy atom. The van der Waals surface area contributed by atoms with Crippen molar-refractivity contribution in [1.82, 2.24) is 9.88 Å². The minimum Gasteiger partial charge on any atom is -0.478 e. The smallest absolute Gasteiger partial charge is 0.409 e. The molecule has 1 fully saturated rings. The van der Waals surface area contributed by atoms with Crippen molar-refractivity contribution in [1.29, 1.82) is 0 Å². The molecule has 1 aromatic carbocycles. The number of nitrogens with one attached hydrogen (secondary N) is 1. The quantitative estimate of drug-likeness (QED) is 0.776. The fourth-order valence-electron chi connectivity index (χ4n) is 3.24. The van der Waals surface area contributed by atoms with Gasteiger partial charge in [-0.3, -0.25) is 4.79 Å². The molecule has 3 rings (SSSR count). The highest BCUT2D eigenvalue weighted by Crippen LogP contribution is 2.23. The largest absolute Gasteiger partial charge is 0.478 e. The van der Waals surface area contributed by atoms with Gasteiger partial charge < -0.3 is 25.0 Å². The number of carboxylic acids is 1. The number of rotatable bonds is 5. The Morgan fingerprint density at radius 2 is 1.90 bits per heavy atom. The van der Waals surface area contributed by atoms with E-state index in [0.717, 1.165) is 5.56 Å². The molecule has 0 spiro atoms. The van der Waals surface area contributed by atoms with Gasteiger partial charge in [0.1, 0.15) is 11.4 Å². The highest BCUT2D eigenvalue weighted by Gasteiger charge is 2.26. The topological polar surface area (TPSA) is 112 Å². The average molecular weight is 412 g/mol. The number of ether oxygens (including phenoxy) is 1. The second kappa shape index (κ2) is 9.25. The van der Waals surface area contributed by atoms with Crippen LogP contribution >= 0.6 is 0 Å². The molecule has 2 heterocycles. The minimum atomic E-state index is -1.14. The molecular formula is C21H24N4O5. The number of amides is 2. The number of carbonyl (C=O) groups is 3. The van der Waals surface area contributed by atoms with Crippen molar-refractivity contribution in [3.05, 3.63) is 53.2 Å². The lowest BCUT2D eigenvalue weighted by molar-refractivity contribution is 0.0695. The summed E-state index contributed by atoms with van der Waals surface area (Å²) in [4.78, 5) is 43.8. The SMILES string of the molecule is CCOC(=O)N1CCN(c2ncc(NC(=O)c3cccc(C)c3)cc2C(=O)O)CC1. The van der Waals surface area contributed by atoms with Crippen molar-refractivity contribution < 1.29 is 24.2 Å². The number of aryl methyl sites for hydroxylation is 1. The summed E-state index contributed by atoms with van der Waals surface area (Å²) in [6.07, 6.45) is 1.06. The molecule has 2 N–H and O–H groups in total. The maximum absolute atomic E-state index is 12.4. The van der Waals surface area contributed by atoms with E-state index >= 15 is 0 Å². The summed E-state index contributed by atoms with van der Waals surface area (Å²) in [5, 5.41) is 12.3. The highest BCUT2D eigenvalue weighted by atomic mass is 16.6. The van der Waals surface area contributed by atoms with Crippen LogP contribution in [0.3, 0.4) is 0 Å². The number of piperazine rings is 1. The summed E-state index contributed by atoms with van der Waals surface area (Å²) < 4.78 is 5.00. The molecule has 1 aliphatic rings. The first-order valence-corrected chi connectivity index (χ1v) is 9.67. The lowest BCUT2D eigenvalue weighted by Gasteiger charge is -2.35. The van der Waals surface area contributed by atoms with Gasteiger partial charge >= 0.3 is 12.1 Å². The predicted molar refractivity (Wildman–Crippen MR) is 111 cm³/mol. The molecule has 1 aliphatic heterocycles. The van der Waals surface area contributed by atoms with Crippen molar-refractivity contribution in [2.24, 2.45) is 0 Å². The van der Waals surface area contributed by atoms with Crippen molar-refractivity contribution in [3.63, 3.8) is 0 Å².